The first-order valence-electron chi connectivity index (χ1n) is 7.97. The second-order valence-corrected chi connectivity index (χ2v) is 6.98. The van der Waals surface area contributed by atoms with Crippen LogP contribution in [0.1, 0.15) is 20.9 Å². The van der Waals surface area contributed by atoms with Crippen molar-refractivity contribution < 1.29 is 4.79 Å². The maximum atomic E-state index is 12.3. The Balaban J connectivity index is 1.67. The average molecular weight is 352 g/mol. The molecule has 2 aromatic heterocycles. The summed E-state index contributed by atoms with van der Waals surface area (Å²) in [5.41, 5.74) is 3.65. The highest BCUT2D eigenvalue weighted by Crippen LogP contribution is 2.27. The number of hydrogen-bond acceptors (Lipinski definition) is 5. The smallest absolute Gasteiger partial charge is 0.251 e. The molecule has 0 bridgehead atoms. The molecular weight excluding hydrogens is 332 g/mol. The monoisotopic (exact) mass is 352 g/mol. The van der Waals surface area contributed by atoms with Gasteiger partial charge in [-0.25, -0.2) is 4.98 Å². The number of rotatable bonds is 5. The Morgan fingerprint density at radius 1 is 1.20 bits per heavy atom. The SMILES string of the molecule is Cc1nc(-c2cccnc2)sc1CNC(=O)c1ccc(N(C)C)cc1. The maximum absolute atomic E-state index is 12.3. The number of carbonyl (C=O) groups is 1. The van der Waals surface area contributed by atoms with E-state index in [1.807, 2.05) is 62.3 Å². The fourth-order valence-corrected chi connectivity index (χ4v) is 3.37. The van der Waals surface area contributed by atoms with Crippen LogP contribution in [0.3, 0.4) is 0 Å². The minimum absolute atomic E-state index is 0.0824. The van der Waals surface area contributed by atoms with Gasteiger partial charge in [0, 0.05) is 48.2 Å². The summed E-state index contributed by atoms with van der Waals surface area (Å²) in [6, 6.07) is 11.4. The van der Waals surface area contributed by atoms with Crippen molar-refractivity contribution in [2.24, 2.45) is 0 Å². The Hall–Kier alpha value is -2.73. The summed E-state index contributed by atoms with van der Waals surface area (Å²) in [5, 5.41) is 3.89. The number of anilines is 1. The summed E-state index contributed by atoms with van der Waals surface area (Å²) in [7, 11) is 3.95. The topological polar surface area (TPSA) is 58.1 Å². The van der Waals surface area contributed by atoms with E-state index in [1.54, 1.807) is 23.7 Å². The highest BCUT2D eigenvalue weighted by molar-refractivity contribution is 7.15. The van der Waals surface area contributed by atoms with Gasteiger partial charge < -0.3 is 10.2 Å². The summed E-state index contributed by atoms with van der Waals surface area (Å²) >= 11 is 1.58. The van der Waals surface area contributed by atoms with E-state index in [0.717, 1.165) is 26.8 Å². The summed E-state index contributed by atoms with van der Waals surface area (Å²) in [5.74, 6) is -0.0824. The molecule has 0 aliphatic rings. The first-order valence-corrected chi connectivity index (χ1v) is 8.78. The number of nitrogens with zero attached hydrogens (tertiary/aromatic N) is 3. The Morgan fingerprint density at radius 2 is 1.96 bits per heavy atom. The third-order valence-electron chi connectivity index (χ3n) is 3.86. The van der Waals surface area contributed by atoms with E-state index >= 15 is 0 Å². The number of amides is 1. The van der Waals surface area contributed by atoms with Crippen LogP contribution < -0.4 is 10.2 Å². The van der Waals surface area contributed by atoms with Gasteiger partial charge in [0.2, 0.25) is 0 Å². The molecule has 1 N–H and O–H groups in total. The van der Waals surface area contributed by atoms with Crippen molar-refractivity contribution in [1.29, 1.82) is 0 Å². The van der Waals surface area contributed by atoms with Crippen LogP contribution in [0.4, 0.5) is 5.69 Å². The largest absolute Gasteiger partial charge is 0.378 e. The van der Waals surface area contributed by atoms with Gasteiger partial charge in [-0.2, -0.15) is 0 Å². The summed E-state index contributed by atoms with van der Waals surface area (Å²) in [4.78, 5) is 24.1. The molecule has 0 aliphatic heterocycles. The predicted molar refractivity (Wildman–Crippen MR) is 102 cm³/mol. The molecule has 0 atom stereocenters. The molecule has 0 saturated carbocycles. The van der Waals surface area contributed by atoms with Gasteiger partial charge >= 0.3 is 0 Å². The molecular formula is C19H20N4OS. The van der Waals surface area contributed by atoms with Crippen LogP contribution in [0, 0.1) is 6.92 Å². The number of pyridine rings is 1. The van der Waals surface area contributed by atoms with Gasteiger partial charge in [-0.15, -0.1) is 11.3 Å². The molecule has 25 heavy (non-hydrogen) atoms. The fraction of sp³-hybridized carbons (Fsp3) is 0.211. The van der Waals surface area contributed by atoms with Crippen molar-refractivity contribution in [1.82, 2.24) is 15.3 Å². The molecule has 0 aliphatic carbocycles. The van der Waals surface area contributed by atoms with Crippen LogP contribution in [0.2, 0.25) is 0 Å². The predicted octanol–water partition coefficient (Wildman–Crippen LogP) is 3.51. The molecule has 0 spiro atoms. The second kappa shape index (κ2) is 7.44. The lowest BCUT2D eigenvalue weighted by Crippen LogP contribution is -2.22. The third-order valence-corrected chi connectivity index (χ3v) is 5.06. The molecule has 0 radical (unpaired) electrons. The van der Waals surface area contributed by atoms with Gasteiger partial charge in [-0.05, 0) is 43.3 Å². The highest BCUT2D eigenvalue weighted by Gasteiger charge is 2.12. The highest BCUT2D eigenvalue weighted by atomic mass is 32.1. The van der Waals surface area contributed by atoms with E-state index in [4.69, 9.17) is 0 Å². The lowest BCUT2D eigenvalue weighted by atomic mass is 10.2. The molecule has 3 aromatic rings. The van der Waals surface area contributed by atoms with E-state index in [0.29, 0.717) is 12.1 Å². The lowest BCUT2D eigenvalue weighted by molar-refractivity contribution is 0.0951. The average Bonchev–Trinajstić information content (AvgIpc) is 3.01. The van der Waals surface area contributed by atoms with E-state index < -0.39 is 0 Å². The molecule has 2 heterocycles. The van der Waals surface area contributed by atoms with Gasteiger partial charge in [-0.3, -0.25) is 9.78 Å². The van der Waals surface area contributed by atoms with Crippen LogP contribution >= 0.6 is 11.3 Å². The normalized spacial score (nSPS) is 10.5. The zero-order valence-corrected chi connectivity index (χ0v) is 15.3. The van der Waals surface area contributed by atoms with Crippen LogP contribution in [-0.4, -0.2) is 30.0 Å². The van der Waals surface area contributed by atoms with Crippen molar-refractivity contribution in [3.8, 4) is 10.6 Å². The van der Waals surface area contributed by atoms with Gasteiger partial charge in [0.05, 0.1) is 12.2 Å². The number of thiazole rings is 1. The quantitative estimate of drug-likeness (QED) is 0.763. The van der Waals surface area contributed by atoms with E-state index in [9.17, 15) is 4.79 Å². The van der Waals surface area contributed by atoms with Crippen LogP contribution in [0.25, 0.3) is 10.6 Å². The molecule has 6 heteroatoms. The van der Waals surface area contributed by atoms with Crippen molar-refractivity contribution >= 4 is 22.9 Å². The first kappa shape index (κ1) is 17.1. The summed E-state index contributed by atoms with van der Waals surface area (Å²) in [6.45, 7) is 2.43. The molecule has 1 amide bonds. The number of carbonyl (C=O) groups excluding carboxylic acids is 1. The second-order valence-electron chi connectivity index (χ2n) is 5.89. The maximum Gasteiger partial charge on any atom is 0.251 e. The number of hydrogen-bond donors (Lipinski definition) is 1. The summed E-state index contributed by atoms with van der Waals surface area (Å²) in [6.07, 6.45) is 3.54. The molecule has 0 unspecified atom stereocenters. The standard InChI is InChI=1S/C19H20N4OS/c1-13-17(25-19(22-13)15-5-4-10-20-11-15)12-21-18(24)14-6-8-16(9-7-14)23(2)3/h4-11H,12H2,1-3H3,(H,21,24). The molecule has 0 fully saturated rings. The van der Waals surface area contributed by atoms with E-state index in [2.05, 4.69) is 15.3 Å². The lowest BCUT2D eigenvalue weighted by Gasteiger charge is -2.12. The van der Waals surface area contributed by atoms with Gasteiger partial charge in [0.1, 0.15) is 5.01 Å². The van der Waals surface area contributed by atoms with Crippen molar-refractivity contribution in [3.63, 3.8) is 0 Å². The zero-order chi connectivity index (χ0) is 17.8. The van der Waals surface area contributed by atoms with E-state index in [1.165, 1.54) is 0 Å². The van der Waals surface area contributed by atoms with Crippen molar-refractivity contribution in [3.05, 3.63) is 64.9 Å². The minimum atomic E-state index is -0.0824. The number of benzene rings is 1. The van der Waals surface area contributed by atoms with Crippen molar-refractivity contribution in [2.45, 2.75) is 13.5 Å². The van der Waals surface area contributed by atoms with Crippen molar-refractivity contribution in [2.75, 3.05) is 19.0 Å². The summed E-state index contributed by atoms with van der Waals surface area (Å²) < 4.78 is 0. The zero-order valence-electron chi connectivity index (χ0n) is 14.5. The van der Waals surface area contributed by atoms with Gasteiger partial charge in [0.15, 0.2) is 0 Å². The third kappa shape index (κ3) is 4.03. The minimum Gasteiger partial charge on any atom is -0.378 e. The van der Waals surface area contributed by atoms with Gasteiger partial charge in [-0.1, -0.05) is 0 Å². The Kier molecular flexibility index (Phi) is 5.09. The molecule has 0 saturated heterocycles. The van der Waals surface area contributed by atoms with E-state index in [-0.39, 0.29) is 5.91 Å². The molecule has 1 aromatic carbocycles. The van der Waals surface area contributed by atoms with Crippen LogP contribution in [0.5, 0.6) is 0 Å². The number of aryl methyl sites for hydroxylation is 1. The molecule has 128 valence electrons. The Labute approximate surface area is 151 Å². The molecule has 3 rings (SSSR count). The van der Waals surface area contributed by atoms with Crippen LogP contribution in [0.15, 0.2) is 48.8 Å². The van der Waals surface area contributed by atoms with Gasteiger partial charge in [0.25, 0.3) is 5.91 Å². The first-order chi connectivity index (χ1) is 12.0. The molecule has 5 nitrogen and oxygen atoms in total. The Bertz CT molecular complexity index is 857. The van der Waals surface area contributed by atoms with Crippen LogP contribution in [-0.2, 0) is 6.54 Å². The number of aromatic nitrogens is 2. The number of nitrogens with one attached hydrogen (secondary N) is 1. The fourth-order valence-electron chi connectivity index (χ4n) is 2.38. The Morgan fingerprint density at radius 3 is 2.60 bits per heavy atom.